The summed E-state index contributed by atoms with van der Waals surface area (Å²) < 4.78 is 5.71. The smallest absolute Gasteiger partial charge is 0.125 e. The van der Waals surface area contributed by atoms with Crippen molar-refractivity contribution in [2.75, 3.05) is 6.61 Å². The van der Waals surface area contributed by atoms with E-state index in [4.69, 9.17) is 4.74 Å². The van der Waals surface area contributed by atoms with E-state index in [1.54, 1.807) is 0 Å². The van der Waals surface area contributed by atoms with E-state index in [1.165, 1.54) is 0 Å². The fourth-order valence-electron chi connectivity index (χ4n) is 1.51. The molecule has 0 bridgehead atoms. The van der Waals surface area contributed by atoms with Crippen molar-refractivity contribution in [2.24, 2.45) is 5.92 Å². The summed E-state index contributed by atoms with van der Waals surface area (Å²) in [6, 6.07) is 7.73. The molecule has 0 saturated heterocycles. The summed E-state index contributed by atoms with van der Waals surface area (Å²) >= 11 is 0. The van der Waals surface area contributed by atoms with Gasteiger partial charge in [-0.15, -0.1) is 0 Å². The Morgan fingerprint density at radius 1 is 1.25 bits per heavy atom. The minimum atomic E-state index is -0.421. The Bertz CT molecular complexity index is 307. The molecule has 0 amide bonds. The summed E-state index contributed by atoms with van der Waals surface area (Å²) in [4.78, 5) is 0. The summed E-state index contributed by atoms with van der Waals surface area (Å²) in [5, 5.41) is 9.84. The number of aliphatic hydroxyl groups is 1. The maximum Gasteiger partial charge on any atom is 0.125 e. The molecule has 0 aliphatic heterocycles. The van der Waals surface area contributed by atoms with Crippen LogP contribution >= 0.6 is 0 Å². The molecule has 0 spiro atoms. The zero-order chi connectivity index (χ0) is 12.0. The van der Waals surface area contributed by atoms with Crippen LogP contribution in [-0.2, 0) is 0 Å². The van der Waals surface area contributed by atoms with Gasteiger partial charge < -0.3 is 9.84 Å². The first-order valence-electron chi connectivity index (χ1n) is 6.05. The second kappa shape index (κ2) is 6.54. The van der Waals surface area contributed by atoms with Crippen LogP contribution in [0.15, 0.2) is 24.3 Å². The van der Waals surface area contributed by atoms with Gasteiger partial charge in [0.05, 0.1) is 12.7 Å². The molecule has 2 heteroatoms. The van der Waals surface area contributed by atoms with Gasteiger partial charge in [-0.25, -0.2) is 0 Å². The maximum absolute atomic E-state index is 9.84. The van der Waals surface area contributed by atoms with E-state index in [9.17, 15) is 5.11 Å². The molecule has 16 heavy (non-hydrogen) atoms. The van der Waals surface area contributed by atoms with Gasteiger partial charge in [0.2, 0.25) is 0 Å². The van der Waals surface area contributed by atoms with Crippen molar-refractivity contribution in [3.8, 4) is 5.75 Å². The van der Waals surface area contributed by atoms with Gasteiger partial charge in [-0.05, 0) is 24.8 Å². The van der Waals surface area contributed by atoms with E-state index in [1.807, 2.05) is 31.2 Å². The van der Waals surface area contributed by atoms with Crippen molar-refractivity contribution in [3.05, 3.63) is 29.8 Å². The SMILES string of the molecule is CC[C@@H](O)c1ccccc1OCCC(C)C. The van der Waals surface area contributed by atoms with Crippen LogP contribution in [-0.4, -0.2) is 11.7 Å². The number of ether oxygens (including phenoxy) is 1. The maximum atomic E-state index is 9.84. The molecule has 0 fully saturated rings. The third kappa shape index (κ3) is 3.86. The fourth-order valence-corrected chi connectivity index (χ4v) is 1.51. The van der Waals surface area contributed by atoms with Crippen molar-refractivity contribution in [1.82, 2.24) is 0 Å². The summed E-state index contributed by atoms with van der Waals surface area (Å²) in [7, 11) is 0. The molecule has 0 saturated carbocycles. The van der Waals surface area contributed by atoms with Crippen LogP contribution in [0.2, 0.25) is 0 Å². The number of hydrogen-bond donors (Lipinski definition) is 1. The zero-order valence-corrected chi connectivity index (χ0v) is 10.4. The first kappa shape index (κ1) is 13.0. The molecular weight excluding hydrogens is 200 g/mol. The van der Waals surface area contributed by atoms with Crippen LogP contribution in [0.3, 0.4) is 0 Å². The molecule has 1 atom stereocenters. The Morgan fingerprint density at radius 3 is 2.56 bits per heavy atom. The fraction of sp³-hybridized carbons (Fsp3) is 0.571. The lowest BCUT2D eigenvalue weighted by Crippen LogP contribution is -2.05. The quantitative estimate of drug-likeness (QED) is 0.797. The monoisotopic (exact) mass is 222 g/mol. The van der Waals surface area contributed by atoms with Gasteiger partial charge in [0.15, 0.2) is 0 Å². The topological polar surface area (TPSA) is 29.5 Å². The number of para-hydroxylation sites is 1. The van der Waals surface area contributed by atoms with Gasteiger partial charge in [-0.2, -0.15) is 0 Å². The van der Waals surface area contributed by atoms with Gasteiger partial charge in [-0.3, -0.25) is 0 Å². The summed E-state index contributed by atoms with van der Waals surface area (Å²) in [6.07, 6.45) is 1.33. The number of rotatable bonds is 6. The average molecular weight is 222 g/mol. The highest BCUT2D eigenvalue weighted by atomic mass is 16.5. The van der Waals surface area contributed by atoms with Gasteiger partial charge in [0.25, 0.3) is 0 Å². The van der Waals surface area contributed by atoms with E-state index >= 15 is 0 Å². The summed E-state index contributed by atoms with van der Waals surface area (Å²) in [6.45, 7) is 7.03. The molecule has 1 N–H and O–H groups in total. The molecule has 0 unspecified atom stereocenters. The van der Waals surface area contributed by atoms with Crippen molar-refractivity contribution >= 4 is 0 Å². The van der Waals surface area contributed by atoms with Crippen molar-refractivity contribution in [3.63, 3.8) is 0 Å². The molecule has 0 aromatic heterocycles. The Labute approximate surface area is 98.3 Å². The van der Waals surface area contributed by atoms with Gasteiger partial charge in [0, 0.05) is 5.56 Å². The highest BCUT2D eigenvalue weighted by molar-refractivity contribution is 5.34. The molecule has 0 aliphatic rings. The van der Waals surface area contributed by atoms with Crippen LogP contribution in [0.1, 0.15) is 45.3 Å². The second-order valence-corrected chi connectivity index (χ2v) is 4.49. The second-order valence-electron chi connectivity index (χ2n) is 4.49. The van der Waals surface area contributed by atoms with E-state index in [0.29, 0.717) is 18.9 Å². The van der Waals surface area contributed by atoms with Crippen LogP contribution in [0.4, 0.5) is 0 Å². The Balaban J connectivity index is 2.64. The molecule has 0 heterocycles. The molecule has 1 aromatic carbocycles. The first-order chi connectivity index (χ1) is 7.65. The number of aliphatic hydroxyl groups excluding tert-OH is 1. The van der Waals surface area contributed by atoms with Crippen molar-refractivity contribution in [1.29, 1.82) is 0 Å². The molecule has 2 nitrogen and oxygen atoms in total. The Morgan fingerprint density at radius 2 is 1.94 bits per heavy atom. The molecule has 1 aromatic rings. The van der Waals surface area contributed by atoms with Crippen LogP contribution in [0, 0.1) is 5.92 Å². The molecular formula is C14H22O2. The van der Waals surface area contributed by atoms with Crippen LogP contribution in [0.25, 0.3) is 0 Å². The highest BCUT2D eigenvalue weighted by Gasteiger charge is 2.10. The predicted molar refractivity (Wildman–Crippen MR) is 66.6 cm³/mol. The van der Waals surface area contributed by atoms with Gasteiger partial charge in [-0.1, -0.05) is 39.0 Å². The molecule has 0 radical (unpaired) electrons. The standard InChI is InChI=1S/C14H22O2/c1-4-13(15)12-7-5-6-8-14(12)16-10-9-11(2)3/h5-8,11,13,15H,4,9-10H2,1-3H3/t13-/m1/s1. The lowest BCUT2D eigenvalue weighted by atomic mass is 10.1. The zero-order valence-electron chi connectivity index (χ0n) is 10.4. The highest BCUT2D eigenvalue weighted by Crippen LogP contribution is 2.27. The van der Waals surface area contributed by atoms with Gasteiger partial charge in [0.1, 0.15) is 5.75 Å². The normalized spacial score (nSPS) is 12.8. The Kier molecular flexibility index (Phi) is 5.33. The molecule has 0 aliphatic carbocycles. The summed E-state index contributed by atoms with van der Waals surface area (Å²) in [5.74, 6) is 1.46. The number of benzene rings is 1. The average Bonchev–Trinajstić information content (AvgIpc) is 2.28. The minimum Gasteiger partial charge on any atom is -0.493 e. The van der Waals surface area contributed by atoms with E-state index in [-0.39, 0.29) is 0 Å². The minimum absolute atomic E-state index is 0.421. The Hall–Kier alpha value is -1.02. The van der Waals surface area contributed by atoms with Gasteiger partial charge >= 0.3 is 0 Å². The van der Waals surface area contributed by atoms with Crippen molar-refractivity contribution in [2.45, 2.75) is 39.7 Å². The van der Waals surface area contributed by atoms with Crippen LogP contribution < -0.4 is 4.74 Å². The first-order valence-corrected chi connectivity index (χ1v) is 6.05. The number of hydrogen-bond acceptors (Lipinski definition) is 2. The third-order valence-corrected chi connectivity index (χ3v) is 2.62. The molecule has 90 valence electrons. The van der Waals surface area contributed by atoms with E-state index in [0.717, 1.165) is 17.7 Å². The molecule has 1 rings (SSSR count). The van der Waals surface area contributed by atoms with Crippen molar-refractivity contribution < 1.29 is 9.84 Å². The summed E-state index contributed by atoms with van der Waals surface area (Å²) in [5.41, 5.74) is 0.897. The predicted octanol–water partition coefficient (Wildman–Crippen LogP) is 3.55. The lowest BCUT2D eigenvalue weighted by molar-refractivity contribution is 0.166. The van der Waals surface area contributed by atoms with E-state index in [2.05, 4.69) is 13.8 Å². The van der Waals surface area contributed by atoms with E-state index < -0.39 is 6.10 Å². The lowest BCUT2D eigenvalue weighted by Gasteiger charge is -2.15. The largest absolute Gasteiger partial charge is 0.493 e. The van der Waals surface area contributed by atoms with Crippen LogP contribution in [0.5, 0.6) is 5.75 Å². The third-order valence-electron chi connectivity index (χ3n) is 2.62.